The third-order valence-corrected chi connectivity index (χ3v) is 3.38. The van der Waals surface area contributed by atoms with E-state index in [1.807, 2.05) is 12.3 Å². The Kier molecular flexibility index (Phi) is 5.16. The number of nitrogens with one attached hydrogen (secondary N) is 1. The number of aromatic nitrogens is 2. The highest BCUT2D eigenvalue weighted by Crippen LogP contribution is 2.25. The van der Waals surface area contributed by atoms with Gasteiger partial charge in [0.25, 0.3) is 0 Å². The molecule has 1 saturated carbocycles. The molecule has 0 bridgehead atoms. The summed E-state index contributed by atoms with van der Waals surface area (Å²) >= 11 is 0. The van der Waals surface area contributed by atoms with Gasteiger partial charge < -0.3 is 10.4 Å². The van der Waals surface area contributed by atoms with E-state index in [9.17, 15) is 5.11 Å². The van der Waals surface area contributed by atoms with Crippen LogP contribution < -0.4 is 5.32 Å². The van der Waals surface area contributed by atoms with E-state index in [0.717, 1.165) is 25.7 Å². The summed E-state index contributed by atoms with van der Waals surface area (Å²) in [6.45, 7) is 6.55. The predicted molar refractivity (Wildman–Crippen MR) is 71.4 cm³/mol. The van der Waals surface area contributed by atoms with E-state index in [2.05, 4.69) is 22.2 Å². The number of hydrogen-bond acceptors (Lipinski definition) is 4. The average Bonchev–Trinajstić information content (AvgIpc) is 3.08. The molecule has 1 fully saturated rings. The van der Waals surface area contributed by atoms with Crippen LogP contribution in [0.25, 0.3) is 0 Å². The molecule has 102 valence electrons. The SMILES string of the molecule is CCN(CCNCC(O)Cn1cccn1)C1CC1. The summed E-state index contributed by atoms with van der Waals surface area (Å²) in [5.74, 6) is 0. The summed E-state index contributed by atoms with van der Waals surface area (Å²) in [6.07, 6.45) is 5.94. The molecule has 1 aliphatic carbocycles. The maximum Gasteiger partial charge on any atom is 0.0860 e. The maximum atomic E-state index is 9.83. The van der Waals surface area contributed by atoms with Gasteiger partial charge in [-0.25, -0.2) is 0 Å². The van der Waals surface area contributed by atoms with Gasteiger partial charge in [0.2, 0.25) is 0 Å². The van der Waals surface area contributed by atoms with Gasteiger partial charge in [0, 0.05) is 38.1 Å². The molecule has 0 aromatic carbocycles. The van der Waals surface area contributed by atoms with E-state index in [4.69, 9.17) is 0 Å². The summed E-state index contributed by atoms with van der Waals surface area (Å²) in [5.41, 5.74) is 0. The first kappa shape index (κ1) is 13.5. The van der Waals surface area contributed by atoms with E-state index in [1.165, 1.54) is 12.8 Å². The molecule has 18 heavy (non-hydrogen) atoms. The van der Waals surface area contributed by atoms with Crippen molar-refractivity contribution in [1.29, 1.82) is 0 Å². The van der Waals surface area contributed by atoms with Crippen LogP contribution in [0.3, 0.4) is 0 Å². The van der Waals surface area contributed by atoms with Gasteiger partial charge in [0.1, 0.15) is 0 Å². The van der Waals surface area contributed by atoms with Gasteiger partial charge in [-0.2, -0.15) is 5.10 Å². The van der Waals surface area contributed by atoms with Gasteiger partial charge in [-0.3, -0.25) is 9.58 Å². The predicted octanol–water partition coefficient (Wildman–Crippen LogP) is 0.318. The van der Waals surface area contributed by atoms with Crippen LogP contribution in [-0.2, 0) is 6.54 Å². The third kappa shape index (κ3) is 4.40. The Hall–Kier alpha value is -0.910. The first-order valence-electron chi connectivity index (χ1n) is 6.90. The molecular formula is C13H24N4O. The largest absolute Gasteiger partial charge is 0.390 e. The number of likely N-dealkylation sites (N-methyl/N-ethyl adjacent to an activating group) is 1. The van der Waals surface area contributed by atoms with Crippen LogP contribution in [0.1, 0.15) is 19.8 Å². The highest BCUT2D eigenvalue weighted by atomic mass is 16.3. The van der Waals surface area contributed by atoms with Gasteiger partial charge >= 0.3 is 0 Å². The molecule has 1 unspecified atom stereocenters. The van der Waals surface area contributed by atoms with Crippen molar-refractivity contribution < 1.29 is 5.11 Å². The van der Waals surface area contributed by atoms with E-state index < -0.39 is 0 Å². The molecule has 0 spiro atoms. The van der Waals surface area contributed by atoms with Crippen LogP contribution in [0.2, 0.25) is 0 Å². The second-order valence-electron chi connectivity index (χ2n) is 4.95. The van der Waals surface area contributed by atoms with Crippen LogP contribution in [0.5, 0.6) is 0 Å². The topological polar surface area (TPSA) is 53.3 Å². The minimum Gasteiger partial charge on any atom is -0.390 e. The molecular weight excluding hydrogens is 228 g/mol. The zero-order valence-corrected chi connectivity index (χ0v) is 11.1. The van der Waals surface area contributed by atoms with Crippen molar-refractivity contribution in [3.8, 4) is 0 Å². The van der Waals surface area contributed by atoms with Crippen molar-refractivity contribution in [2.75, 3.05) is 26.2 Å². The summed E-state index contributed by atoms with van der Waals surface area (Å²) in [6, 6.07) is 2.69. The van der Waals surface area contributed by atoms with Gasteiger partial charge in [-0.1, -0.05) is 6.92 Å². The quantitative estimate of drug-likeness (QED) is 0.621. The molecule has 1 atom stereocenters. The van der Waals surface area contributed by atoms with Crippen molar-refractivity contribution in [2.45, 2.75) is 38.5 Å². The van der Waals surface area contributed by atoms with Gasteiger partial charge in [0.05, 0.1) is 12.6 Å². The van der Waals surface area contributed by atoms with Crippen molar-refractivity contribution in [3.05, 3.63) is 18.5 Å². The third-order valence-electron chi connectivity index (χ3n) is 3.38. The Morgan fingerprint density at radius 1 is 1.56 bits per heavy atom. The fourth-order valence-electron chi connectivity index (χ4n) is 2.22. The number of nitrogens with zero attached hydrogens (tertiary/aromatic N) is 3. The molecule has 2 rings (SSSR count). The lowest BCUT2D eigenvalue weighted by Gasteiger charge is -2.20. The van der Waals surface area contributed by atoms with Crippen LogP contribution in [0, 0.1) is 0 Å². The Bertz CT molecular complexity index is 324. The van der Waals surface area contributed by atoms with Gasteiger partial charge in [-0.15, -0.1) is 0 Å². The first-order chi connectivity index (χ1) is 8.79. The number of hydrogen-bond donors (Lipinski definition) is 2. The Balaban J connectivity index is 1.54. The van der Waals surface area contributed by atoms with Crippen molar-refractivity contribution in [3.63, 3.8) is 0 Å². The summed E-state index contributed by atoms with van der Waals surface area (Å²) < 4.78 is 1.76. The highest BCUT2D eigenvalue weighted by Gasteiger charge is 2.26. The van der Waals surface area contributed by atoms with Gasteiger partial charge in [0.15, 0.2) is 0 Å². The van der Waals surface area contributed by atoms with E-state index in [0.29, 0.717) is 13.1 Å². The Morgan fingerprint density at radius 3 is 3.00 bits per heavy atom. The van der Waals surface area contributed by atoms with Crippen molar-refractivity contribution >= 4 is 0 Å². The lowest BCUT2D eigenvalue weighted by Crippen LogP contribution is -2.37. The van der Waals surface area contributed by atoms with Gasteiger partial charge in [-0.05, 0) is 25.5 Å². The minimum atomic E-state index is -0.374. The van der Waals surface area contributed by atoms with Crippen LogP contribution in [0.4, 0.5) is 0 Å². The van der Waals surface area contributed by atoms with E-state index in [-0.39, 0.29) is 6.10 Å². The van der Waals surface area contributed by atoms with Crippen LogP contribution in [0.15, 0.2) is 18.5 Å². The Morgan fingerprint density at radius 2 is 2.39 bits per heavy atom. The number of aliphatic hydroxyl groups is 1. The van der Waals surface area contributed by atoms with E-state index >= 15 is 0 Å². The molecule has 0 amide bonds. The lowest BCUT2D eigenvalue weighted by molar-refractivity contribution is 0.145. The van der Waals surface area contributed by atoms with E-state index in [1.54, 1.807) is 10.9 Å². The van der Waals surface area contributed by atoms with Crippen LogP contribution in [-0.4, -0.2) is 58.1 Å². The zero-order valence-electron chi connectivity index (χ0n) is 11.1. The Labute approximate surface area is 109 Å². The minimum absolute atomic E-state index is 0.374. The average molecular weight is 252 g/mol. The molecule has 0 aliphatic heterocycles. The molecule has 5 heteroatoms. The smallest absolute Gasteiger partial charge is 0.0860 e. The standard InChI is InChI=1S/C13H24N4O/c1-2-16(12-4-5-12)9-7-14-10-13(18)11-17-8-3-6-15-17/h3,6,8,12-14,18H,2,4-5,7,9-11H2,1H3. The fraction of sp³-hybridized carbons (Fsp3) is 0.769. The highest BCUT2D eigenvalue weighted by molar-refractivity contribution is 4.84. The maximum absolute atomic E-state index is 9.83. The van der Waals surface area contributed by atoms with Crippen LogP contribution >= 0.6 is 0 Å². The van der Waals surface area contributed by atoms with Crippen molar-refractivity contribution in [2.24, 2.45) is 0 Å². The summed E-state index contributed by atoms with van der Waals surface area (Å²) in [7, 11) is 0. The number of aliphatic hydroxyl groups excluding tert-OH is 1. The molecule has 1 aromatic heterocycles. The molecule has 0 saturated heterocycles. The molecule has 1 heterocycles. The molecule has 0 radical (unpaired) electrons. The first-order valence-corrected chi connectivity index (χ1v) is 6.90. The molecule has 2 N–H and O–H groups in total. The summed E-state index contributed by atoms with van der Waals surface area (Å²) in [4.78, 5) is 2.51. The van der Waals surface area contributed by atoms with Crippen molar-refractivity contribution in [1.82, 2.24) is 20.0 Å². The summed E-state index contributed by atoms with van der Waals surface area (Å²) in [5, 5.41) is 17.2. The lowest BCUT2D eigenvalue weighted by atomic mass is 10.3. The second kappa shape index (κ2) is 6.87. The molecule has 5 nitrogen and oxygen atoms in total. The zero-order chi connectivity index (χ0) is 12.8. The normalized spacial score (nSPS) is 17.3. The molecule has 1 aliphatic rings. The second-order valence-corrected chi connectivity index (χ2v) is 4.95. The molecule has 1 aromatic rings. The monoisotopic (exact) mass is 252 g/mol. The number of rotatable bonds is 9. The fourth-order valence-corrected chi connectivity index (χ4v) is 2.22.